The van der Waals surface area contributed by atoms with Crippen molar-refractivity contribution in [3.05, 3.63) is 48.5 Å². The van der Waals surface area contributed by atoms with E-state index >= 15 is 0 Å². The molecular formula is C16H18N2O. The first kappa shape index (κ1) is 12.1. The third-order valence-corrected chi connectivity index (χ3v) is 3.55. The number of hydrogen-bond donors (Lipinski definition) is 2. The first-order valence-corrected chi connectivity index (χ1v) is 6.68. The fraction of sp³-hybridized carbons (Fsp3) is 0.250. The molecule has 0 aliphatic carbocycles. The number of nitrogens with zero attached hydrogens (tertiary/aromatic N) is 1. The van der Waals surface area contributed by atoms with E-state index in [0.29, 0.717) is 5.75 Å². The maximum atomic E-state index is 9.31. The van der Waals surface area contributed by atoms with Crippen LogP contribution in [0.25, 0.3) is 11.1 Å². The van der Waals surface area contributed by atoms with Crippen molar-refractivity contribution >= 4 is 5.69 Å². The third-order valence-electron chi connectivity index (χ3n) is 3.55. The Morgan fingerprint density at radius 3 is 1.89 bits per heavy atom. The zero-order valence-electron chi connectivity index (χ0n) is 10.8. The SMILES string of the molecule is Oc1ccc(-c2ccc(N3CCNCC3)cc2)cc1. The van der Waals surface area contributed by atoms with Gasteiger partial charge in [0.2, 0.25) is 0 Å². The van der Waals surface area contributed by atoms with Crippen LogP contribution in [0.3, 0.4) is 0 Å². The zero-order valence-corrected chi connectivity index (χ0v) is 10.8. The van der Waals surface area contributed by atoms with Crippen LogP contribution in [0.1, 0.15) is 0 Å². The lowest BCUT2D eigenvalue weighted by Gasteiger charge is -2.29. The molecule has 98 valence electrons. The summed E-state index contributed by atoms with van der Waals surface area (Å²) >= 11 is 0. The maximum Gasteiger partial charge on any atom is 0.115 e. The number of phenols is 1. The molecule has 1 fully saturated rings. The second-order valence-electron chi connectivity index (χ2n) is 4.83. The van der Waals surface area contributed by atoms with Gasteiger partial charge in [-0.15, -0.1) is 0 Å². The van der Waals surface area contributed by atoms with Gasteiger partial charge >= 0.3 is 0 Å². The molecule has 0 aromatic heterocycles. The molecule has 2 N–H and O–H groups in total. The smallest absolute Gasteiger partial charge is 0.115 e. The summed E-state index contributed by atoms with van der Waals surface area (Å²) < 4.78 is 0. The first-order valence-electron chi connectivity index (χ1n) is 6.68. The molecule has 1 aliphatic rings. The highest BCUT2D eigenvalue weighted by molar-refractivity contribution is 5.67. The van der Waals surface area contributed by atoms with Crippen molar-refractivity contribution in [3.8, 4) is 16.9 Å². The molecule has 3 rings (SSSR count). The number of hydrogen-bond acceptors (Lipinski definition) is 3. The largest absolute Gasteiger partial charge is 0.508 e. The molecule has 0 saturated carbocycles. The predicted octanol–water partition coefficient (Wildman–Crippen LogP) is 2.47. The average molecular weight is 254 g/mol. The monoisotopic (exact) mass is 254 g/mol. The van der Waals surface area contributed by atoms with Crippen LogP contribution in [0.5, 0.6) is 5.75 Å². The first-order chi connectivity index (χ1) is 9.33. The van der Waals surface area contributed by atoms with E-state index in [1.165, 1.54) is 11.3 Å². The number of rotatable bonds is 2. The Kier molecular flexibility index (Phi) is 3.38. The van der Waals surface area contributed by atoms with Crippen molar-refractivity contribution < 1.29 is 5.11 Å². The molecule has 19 heavy (non-hydrogen) atoms. The van der Waals surface area contributed by atoms with Crippen molar-refractivity contribution in [1.29, 1.82) is 0 Å². The number of piperazine rings is 1. The van der Waals surface area contributed by atoms with Gasteiger partial charge in [0, 0.05) is 31.9 Å². The summed E-state index contributed by atoms with van der Waals surface area (Å²) in [5, 5.41) is 12.7. The van der Waals surface area contributed by atoms with Crippen molar-refractivity contribution in [2.45, 2.75) is 0 Å². The quantitative estimate of drug-likeness (QED) is 0.864. The second kappa shape index (κ2) is 5.33. The average Bonchev–Trinajstić information content (AvgIpc) is 2.49. The van der Waals surface area contributed by atoms with Crippen LogP contribution < -0.4 is 10.2 Å². The Hall–Kier alpha value is -2.00. The minimum atomic E-state index is 0.307. The Balaban J connectivity index is 1.80. The van der Waals surface area contributed by atoms with Crippen molar-refractivity contribution in [2.24, 2.45) is 0 Å². The molecule has 1 heterocycles. The van der Waals surface area contributed by atoms with Gasteiger partial charge < -0.3 is 15.3 Å². The van der Waals surface area contributed by atoms with Gasteiger partial charge in [-0.25, -0.2) is 0 Å². The number of nitrogens with one attached hydrogen (secondary N) is 1. The van der Waals surface area contributed by atoms with Gasteiger partial charge in [0.05, 0.1) is 0 Å². The Morgan fingerprint density at radius 2 is 1.32 bits per heavy atom. The molecule has 0 spiro atoms. The second-order valence-corrected chi connectivity index (χ2v) is 4.83. The van der Waals surface area contributed by atoms with Crippen LogP contribution in [0, 0.1) is 0 Å². The summed E-state index contributed by atoms with van der Waals surface area (Å²) in [7, 11) is 0. The standard InChI is InChI=1S/C16H18N2O/c19-16-7-3-14(4-8-16)13-1-5-15(6-2-13)18-11-9-17-10-12-18/h1-8,17,19H,9-12H2. The highest BCUT2D eigenvalue weighted by Gasteiger charge is 2.10. The summed E-state index contributed by atoms with van der Waals surface area (Å²) in [6, 6.07) is 16.0. The maximum absolute atomic E-state index is 9.31. The van der Waals surface area contributed by atoms with Crippen LogP contribution >= 0.6 is 0 Å². The number of phenolic OH excluding ortho intramolecular Hbond substituents is 1. The lowest BCUT2D eigenvalue weighted by Crippen LogP contribution is -2.43. The molecule has 3 heteroatoms. The molecular weight excluding hydrogens is 236 g/mol. The van der Waals surface area contributed by atoms with Crippen molar-refractivity contribution in [1.82, 2.24) is 5.32 Å². The highest BCUT2D eigenvalue weighted by atomic mass is 16.3. The van der Waals surface area contributed by atoms with E-state index in [0.717, 1.165) is 31.7 Å². The van der Waals surface area contributed by atoms with E-state index in [4.69, 9.17) is 0 Å². The fourth-order valence-corrected chi connectivity index (χ4v) is 2.44. The molecule has 0 unspecified atom stereocenters. The van der Waals surface area contributed by atoms with Crippen LogP contribution in [0.2, 0.25) is 0 Å². The Morgan fingerprint density at radius 1 is 0.789 bits per heavy atom. The molecule has 1 saturated heterocycles. The van der Waals surface area contributed by atoms with Crippen molar-refractivity contribution in [3.63, 3.8) is 0 Å². The molecule has 0 radical (unpaired) electrons. The summed E-state index contributed by atoms with van der Waals surface area (Å²) in [5.41, 5.74) is 3.59. The number of anilines is 1. The molecule has 0 bridgehead atoms. The summed E-state index contributed by atoms with van der Waals surface area (Å²) in [4.78, 5) is 2.40. The summed E-state index contributed by atoms with van der Waals surface area (Å²) in [6.45, 7) is 4.25. The van der Waals surface area contributed by atoms with Crippen LogP contribution in [0.4, 0.5) is 5.69 Å². The van der Waals surface area contributed by atoms with Gasteiger partial charge in [-0.1, -0.05) is 24.3 Å². The summed E-state index contributed by atoms with van der Waals surface area (Å²) in [5.74, 6) is 0.307. The minimum absolute atomic E-state index is 0.307. The highest BCUT2D eigenvalue weighted by Crippen LogP contribution is 2.24. The topological polar surface area (TPSA) is 35.5 Å². The fourth-order valence-electron chi connectivity index (χ4n) is 2.44. The normalized spacial score (nSPS) is 15.5. The van der Waals surface area contributed by atoms with E-state index in [-0.39, 0.29) is 0 Å². The lowest BCUT2D eigenvalue weighted by molar-refractivity contribution is 0.475. The molecule has 0 atom stereocenters. The van der Waals surface area contributed by atoms with Crippen LogP contribution in [-0.4, -0.2) is 31.3 Å². The van der Waals surface area contributed by atoms with E-state index in [2.05, 4.69) is 34.5 Å². The van der Waals surface area contributed by atoms with E-state index in [1.54, 1.807) is 12.1 Å². The molecule has 0 amide bonds. The van der Waals surface area contributed by atoms with Gasteiger partial charge in [0.25, 0.3) is 0 Å². The lowest BCUT2D eigenvalue weighted by atomic mass is 10.0. The van der Waals surface area contributed by atoms with Crippen molar-refractivity contribution in [2.75, 3.05) is 31.1 Å². The van der Waals surface area contributed by atoms with Gasteiger partial charge in [-0.2, -0.15) is 0 Å². The van der Waals surface area contributed by atoms with Gasteiger partial charge in [0.1, 0.15) is 5.75 Å². The van der Waals surface area contributed by atoms with E-state index < -0.39 is 0 Å². The Bertz CT molecular complexity index is 528. The molecule has 2 aromatic carbocycles. The molecule has 2 aromatic rings. The number of benzene rings is 2. The zero-order chi connectivity index (χ0) is 13.1. The van der Waals surface area contributed by atoms with Gasteiger partial charge in [0.15, 0.2) is 0 Å². The summed E-state index contributed by atoms with van der Waals surface area (Å²) in [6.07, 6.45) is 0. The Labute approximate surface area is 113 Å². The molecule has 1 aliphatic heterocycles. The predicted molar refractivity (Wildman–Crippen MR) is 78.6 cm³/mol. The van der Waals surface area contributed by atoms with E-state index in [9.17, 15) is 5.11 Å². The van der Waals surface area contributed by atoms with E-state index in [1.807, 2.05) is 12.1 Å². The third kappa shape index (κ3) is 2.71. The minimum Gasteiger partial charge on any atom is -0.508 e. The van der Waals surface area contributed by atoms with Gasteiger partial charge in [-0.05, 0) is 35.4 Å². The number of aromatic hydroxyl groups is 1. The van der Waals surface area contributed by atoms with Gasteiger partial charge in [-0.3, -0.25) is 0 Å². The molecule has 3 nitrogen and oxygen atoms in total. The van der Waals surface area contributed by atoms with Crippen LogP contribution in [-0.2, 0) is 0 Å². The van der Waals surface area contributed by atoms with Crippen LogP contribution in [0.15, 0.2) is 48.5 Å².